The molecule has 1 aromatic carbocycles. The van der Waals surface area contributed by atoms with Gasteiger partial charge in [0.15, 0.2) is 0 Å². The van der Waals surface area contributed by atoms with E-state index in [1.54, 1.807) is 0 Å². The Hall–Kier alpha value is -1.37. The first-order valence-corrected chi connectivity index (χ1v) is 7.44. The summed E-state index contributed by atoms with van der Waals surface area (Å²) in [5, 5.41) is 0. The highest BCUT2D eigenvalue weighted by atomic mass is 14.8. The summed E-state index contributed by atoms with van der Waals surface area (Å²) in [6, 6.07) is 8.33. The van der Waals surface area contributed by atoms with Crippen LogP contribution in [0.4, 0.5) is 5.69 Å². The maximum Gasteiger partial charge on any atom is 0.0704 e. The third kappa shape index (κ3) is 4.06. The molecule has 0 aliphatic rings. The highest BCUT2D eigenvalue weighted by Gasteiger charge is 2.21. The zero-order valence-electron chi connectivity index (χ0n) is 14.2. The number of allylic oxidation sites excluding steroid dienone is 1. The molecule has 0 saturated carbocycles. The van der Waals surface area contributed by atoms with Gasteiger partial charge in [-0.05, 0) is 23.5 Å². The summed E-state index contributed by atoms with van der Waals surface area (Å²) in [5.41, 5.74) is 4.73. The Kier molecular flexibility index (Phi) is 4.96. The van der Waals surface area contributed by atoms with Crippen LogP contribution >= 0.6 is 0 Å². The van der Waals surface area contributed by atoms with E-state index in [4.69, 9.17) is 4.99 Å². The lowest BCUT2D eigenvalue weighted by atomic mass is 9.82. The van der Waals surface area contributed by atoms with E-state index in [-0.39, 0.29) is 10.8 Å². The number of rotatable bonds is 3. The second kappa shape index (κ2) is 5.95. The van der Waals surface area contributed by atoms with Crippen LogP contribution < -0.4 is 0 Å². The van der Waals surface area contributed by atoms with Gasteiger partial charge in [-0.25, -0.2) is 0 Å². The summed E-state index contributed by atoms with van der Waals surface area (Å²) in [5.74, 6) is 0. The van der Waals surface area contributed by atoms with Crippen LogP contribution in [0.15, 0.2) is 35.8 Å². The normalized spacial score (nSPS) is 13.4. The molecular weight excluding hydrogens is 242 g/mol. The van der Waals surface area contributed by atoms with Crippen LogP contribution in [0.25, 0.3) is 5.57 Å². The molecule has 110 valence electrons. The molecule has 0 aliphatic heterocycles. The van der Waals surface area contributed by atoms with Crippen LogP contribution in [0.2, 0.25) is 0 Å². The third-order valence-electron chi connectivity index (χ3n) is 3.59. The van der Waals surface area contributed by atoms with Gasteiger partial charge in [0.1, 0.15) is 0 Å². The summed E-state index contributed by atoms with van der Waals surface area (Å²) in [6.45, 7) is 19.7. The Labute approximate surface area is 124 Å². The molecule has 20 heavy (non-hydrogen) atoms. The number of nitrogens with zero attached hydrogens (tertiary/aromatic N) is 1. The lowest BCUT2D eigenvalue weighted by molar-refractivity contribution is 0.568. The van der Waals surface area contributed by atoms with Crippen molar-refractivity contribution in [3.8, 4) is 0 Å². The Balaban J connectivity index is 3.34. The summed E-state index contributed by atoms with van der Waals surface area (Å²) < 4.78 is 0. The minimum absolute atomic E-state index is 0.0553. The van der Waals surface area contributed by atoms with Crippen LogP contribution in [0.1, 0.15) is 60.5 Å². The first-order valence-electron chi connectivity index (χ1n) is 7.44. The lowest BCUT2D eigenvalue weighted by Gasteiger charge is -2.25. The van der Waals surface area contributed by atoms with Gasteiger partial charge in [0.25, 0.3) is 0 Å². The average Bonchev–Trinajstić information content (AvgIpc) is 2.33. The van der Waals surface area contributed by atoms with Crippen molar-refractivity contribution in [2.45, 2.75) is 54.9 Å². The van der Waals surface area contributed by atoms with E-state index in [1.807, 2.05) is 6.07 Å². The van der Waals surface area contributed by atoms with Crippen molar-refractivity contribution in [2.75, 3.05) is 0 Å². The van der Waals surface area contributed by atoms with Gasteiger partial charge in [0.05, 0.1) is 5.69 Å². The maximum atomic E-state index is 4.94. The summed E-state index contributed by atoms with van der Waals surface area (Å²) in [7, 11) is 0. The predicted octanol–water partition coefficient (Wildman–Crippen LogP) is 6.27. The van der Waals surface area contributed by atoms with Crippen LogP contribution in [-0.2, 0) is 0 Å². The molecule has 1 nitrogen and oxygen atoms in total. The van der Waals surface area contributed by atoms with Gasteiger partial charge in [-0.2, -0.15) is 0 Å². The van der Waals surface area contributed by atoms with Crippen LogP contribution in [0.5, 0.6) is 0 Å². The largest absolute Gasteiger partial charge is 0.257 e. The fourth-order valence-corrected chi connectivity index (χ4v) is 2.15. The summed E-state index contributed by atoms with van der Waals surface area (Å²) >= 11 is 0. The van der Waals surface area contributed by atoms with Crippen molar-refractivity contribution in [3.63, 3.8) is 0 Å². The van der Waals surface area contributed by atoms with Crippen molar-refractivity contribution in [2.24, 2.45) is 15.8 Å². The Morgan fingerprint density at radius 2 is 1.55 bits per heavy atom. The van der Waals surface area contributed by atoms with Gasteiger partial charge in [-0.3, -0.25) is 4.99 Å². The molecule has 0 radical (unpaired) electrons. The van der Waals surface area contributed by atoms with E-state index < -0.39 is 0 Å². The topological polar surface area (TPSA) is 12.4 Å². The highest BCUT2D eigenvalue weighted by Crippen LogP contribution is 2.37. The number of benzene rings is 1. The van der Waals surface area contributed by atoms with Gasteiger partial charge in [0.2, 0.25) is 0 Å². The minimum atomic E-state index is 0.0553. The molecule has 0 N–H and O–H groups in total. The molecule has 0 aromatic heterocycles. The molecule has 0 amide bonds. The van der Waals surface area contributed by atoms with Crippen LogP contribution in [0.3, 0.4) is 0 Å². The quantitative estimate of drug-likeness (QED) is 0.574. The number of hydrogen-bond donors (Lipinski definition) is 0. The maximum absolute atomic E-state index is 4.94. The molecule has 0 fully saturated rings. The summed E-state index contributed by atoms with van der Waals surface area (Å²) in [6.07, 6.45) is 0.972. The van der Waals surface area contributed by atoms with E-state index in [0.29, 0.717) is 0 Å². The zero-order valence-corrected chi connectivity index (χ0v) is 14.2. The van der Waals surface area contributed by atoms with Gasteiger partial charge >= 0.3 is 0 Å². The first-order chi connectivity index (χ1) is 9.07. The van der Waals surface area contributed by atoms with Gasteiger partial charge in [0, 0.05) is 16.7 Å². The van der Waals surface area contributed by atoms with Crippen molar-refractivity contribution in [1.29, 1.82) is 0 Å². The van der Waals surface area contributed by atoms with Crippen molar-refractivity contribution in [1.82, 2.24) is 0 Å². The third-order valence-corrected chi connectivity index (χ3v) is 3.59. The van der Waals surface area contributed by atoms with Gasteiger partial charge < -0.3 is 0 Å². The molecule has 0 saturated heterocycles. The molecule has 1 aromatic rings. The second-order valence-corrected chi connectivity index (χ2v) is 7.41. The van der Waals surface area contributed by atoms with E-state index in [1.165, 1.54) is 5.71 Å². The molecule has 0 aliphatic carbocycles. The van der Waals surface area contributed by atoms with Gasteiger partial charge in [-0.15, -0.1) is 0 Å². The fraction of sp³-hybridized carbons (Fsp3) is 0.526. The molecule has 0 heterocycles. The Bertz CT molecular complexity index is 507. The van der Waals surface area contributed by atoms with Crippen LogP contribution in [0, 0.1) is 10.8 Å². The standard InChI is InChI=1S/C19H29N/c1-9-17(19(6,7)8)20-16-13-11-10-12-15(16)14(2)18(3,4)5/h10-13H,2,9H2,1,3-8H3/b20-17+. The van der Waals surface area contributed by atoms with E-state index >= 15 is 0 Å². The van der Waals surface area contributed by atoms with E-state index in [9.17, 15) is 0 Å². The molecular formula is C19H29N. The number of aliphatic imine (C=N–C) groups is 1. The predicted molar refractivity (Wildman–Crippen MR) is 91.8 cm³/mol. The molecule has 0 atom stereocenters. The highest BCUT2D eigenvalue weighted by molar-refractivity contribution is 5.92. The Morgan fingerprint density at radius 3 is 2.00 bits per heavy atom. The van der Waals surface area contributed by atoms with Gasteiger partial charge in [-0.1, -0.05) is 73.2 Å². The molecule has 1 rings (SSSR count). The minimum Gasteiger partial charge on any atom is -0.257 e. The van der Waals surface area contributed by atoms with Crippen LogP contribution in [-0.4, -0.2) is 5.71 Å². The SMILES string of the molecule is C=C(c1ccccc1/N=C(\CC)C(C)(C)C)C(C)(C)C. The number of hydrogen-bond acceptors (Lipinski definition) is 1. The zero-order chi connectivity index (χ0) is 15.6. The number of para-hydroxylation sites is 1. The summed E-state index contributed by atoms with van der Waals surface area (Å²) in [4.78, 5) is 4.94. The first kappa shape index (κ1) is 16.7. The van der Waals surface area contributed by atoms with Crippen molar-refractivity contribution >= 4 is 17.0 Å². The van der Waals surface area contributed by atoms with Crippen molar-refractivity contribution < 1.29 is 0 Å². The Morgan fingerprint density at radius 1 is 1.00 bits per heavy atom. The molecule has 0 unspecified atom stereocenters. The van der Waals surface area contributed by atoms with E-state index in [2.05, 4.69) is 73.2 Å². The monoisotopic (exact) mass is 271 g/mol. The average molecular weight is 271 g/mol. The molecule has 0 bridgehead atoms. The fourth-order valence-electron chi connectivity index (χ4n) is 2.15. The molecule has 0 spiro atoms. The lowest BCUT2D eigenvalue weighted by Crippen LogP contribution is -2.19. The van der Waals surface area contributed by atoms with Crippen molar-refractivity contribution in [3.05, 3.63) is 36.4 Å². The second-order valence-electron chi connectivity index (χ2n) is 7.41. The van der Waals surface area contributed by atoms with E-state index in [0.717, 1.165) is 23.2 Å². The smallest absolute Gasteiger partial charge is 0.0704 e. The molecule has 1 heteroatoms.